The summed E-state index contributed by atoms with van der Waals surface area (Å²) in [5, 5.41) is 17.2. The van der Waals surface area contributed by atoms with Crippen molar-refractivity contribution in [2.45, 2.75) is 57.6 Å². The van der Waals surface area contributed by atoms with Gasteiger partial charge in [-0.05, 0) is 73.2 Å². The lowest BCUT2D eigenvalue weighted by molar-refractivity contribution is 0.0825. The van der Waals surface area contributed by atoms with Gasteiger partial charge in [0.25, 0.3) is 5.91 Å². The van der Waals surface area contributed by atoms with E-state index in [1.54, 1.807) is 12.1 Å². The number of aliphatic hydroxyl groups excluding tert-OH is 1. The topological polar surface area (TPSA) is 95.5 Å². The normalized spacial score (nSPS) is 17.7. The summed E-state index contributed by atoms with van der Waals surface area (Å²) in [6.45, 7) is 5.71. The van der Waals surface area contributed by atoms with Crippen molar-refractivity contribution < 1.29 is 27.1 Å². The van der Waals surface area contributed by atoms with Gasteiger partial charge in [-0.3, -0.25) is 4.79 Å². The van der Waals surface area contributed by atoms with Gasteiger partial charge in [0.2, 0.25) is 0 Å². The Labute approximate surface area is 228 Å². The molecule has 0 bridgehead atoms. The summed E-state index contributed by atoms with van der Waals surface area (Å²) in [7, 11) is -3.35. The van der Waals surface area contributed by atoms with Gasteiger partial charge in [0, 0.05) is 24.2 Å². The molecule has 0 radical (unpaired) electrons. The van der Waals surface area contributed by atoms with Crippen LogP contribution in [0.3, 0.4) is 0 Å². The quantitative estimate of drug-likeness (QED) is 0.369. The fraction of sp³-hybridized carbons (Fsp3) is 0.367. The number of fused-ring (bicyclic) bond motifs is 1. The van der Waals surface area contributed by atoms with Crippen LogP contribution >= 0.6 is 0 Å². The molecule has 3 aromatic carbocycles. The Hall–Kier alpha value is -3.14. The van der Waals surface area contributed by atoms with Crippen molar-refractivity contribution in [1.82, 2.24) is 10.6 Å². The molecule has 39 heavy (non-hydrogen) atoms. The molecule has 3 N–H and O–H groups in total. The first-order valence-electron chi connectivity index (χ1n) is 13.0. The Kier molecular flexibility index (Phi) is 8.83. The molecule has 4 rings (SSSR count). The molecule has 0 unspecified atom stereocenters. The smallest absolute Gasteiger partial charge is 0.251 e. The van der Waals surface area contributed by atoms with Crippen LogP contribution in [0.25, 0.3) is 0 Å². The van der Waals surface area contributed by atoms with Crippen molar-refractivity contribution >= 4 is 15.7 Å². The second kappa shape index (κ2) is 11.9. The average molecular weight is 557 g/mol. The zero-order valence-electron chi connectivity index (χ0n) is 22.3. The second-order valence-corrected chi connectivity index (χ2v) is 12.5. The Morgan fingerprint density at radius 1 is 1.00 bits per heavy atom. The lowest BCUT2D eigenvalue weighted by Crippen LogP contribution is -2.50. The van der Waals surface area contributed by atoms with Crippen LogP contribution in [0.1, 0.15) is 56.7 Å². The maximum atomic E-state index is 13.9. The van der Waals surface area contributed by atoms with Crippen LogP contribution in [0, 0.1) is 25.5 Å². The Balaban J connectivity index is 1.57. The van der Waals surface area contributed by atoms with Gasteiger partial charge < -0.3 is 15.7 Å². The van der Waals surface area contributed by atoms with E-state index in [9.17, 15) is 27.1 Å². The van der Waals surface area contributed by atoms with Crippen LogP contribution in [-0.4, -0.2) is 43.9 Å². The van der Waals surface area contributed by atoms with Crippen LogP contribution < -0.4 is 10.6 Å². The van der Waals surface area contributed by atoms with Crippen molar-refractivity contribution in [1.29, 1.82) is 0 Å². The van der Waals surface area contributed by atoms with Gasteiger partial charge in [-0.2, -0.15) is 0 Å². The number of sulfone groups is 1. The molecule has 0 aliphatic carbocycles. The van der Waals surface area contributed by atoms with E-state index in [-0.39, 0.29) is 30.0 Å². The van der Waals surface area contributed by atoms with Gasteiger partial charge in [0.1, 0.15) is 11.6 Å². The summed E-state index contributed by atoms with van der Waals surface area (Å²) in [6.07, 6.45) is -0.423. The largest absolute Gasteiger partial charge is 0.390 e. The number of carbonyl (C=O) groups is 1. The molecule has 0 saturated carbocycles. The number of halogens is 2. The standard InChI is InChI=1S/C30H34F2N2O4S/c1-4-20-5-6-22-16-39(37,38)17-28(26(22)12-20)33-15-29(35)27(13-21-10-24(31)14-25(32)11-21)34-30(36)23-8-18(2)7-19(3)9-23/h5-12,14,27-29,33,35H,4,13,15-17H2,1-3H3,(H,34,36)/t27-,28+,29+/m1/s1. The molecule has 3 aromatic rings. The number of aliphatic hydroxyl groups is 1. The number of benzene rings is 3. The van der Waals surface area contributed by atoms with Gasteiger partial charge in [-0.15, -0.1) is 0 Å². The summed E-state index contributed by atoms with van der Waals surface area (Å²) in [5.41, 5.74) is 5.15. The fourth-order valence-corrected chi connectivity index (χ4v) is 6.82. The molecule has 1 aliphatic rings. The molecule has 208 valence electrons. The number of aryl methyl sites for hydroxylation is 3. The highest BCUT2D eigenvalue weighted by Crippen LogP contribution is 2.29. The number of nitrogens with one attached hydrogen (secondary N) is 2. The molecule has 3 atom stereocenters. The molecule has 1 aliphatic heterocycles. The zero-order chi connectivity index (χ0) is 28.3. The second-order valence-electron chi connectivity index (χ2n) is 10.4. The molecular weight excluding hydrogens is 522 g/mol. The summed E-state index contributed by atoms with van der Waals surface area (Å²) in [4.78, 5) is 13.1. The molecule has 0 spiro atoms. The number of hydrogen-bond donors (Lipinski definition) is 3. The third-order valence-corrected chi connectivity index (χ3v) is 8.60. The van der Waals surface area contributed by atoms with Gasteiger partial charge in [0.05, 0.1) is 23.7 Å². The van der Waals surface area contributed by atoms with E-state index in [0.717, 1.165) is 52.4 Å². The monoisotopic (exact) mass is 556 g/mol. The van der Waals surface area contributed by atoms with E-state index in [1.165, 1.54) is 0 Å². The number of carbonyl (C=O) groups excluding carboxylic acids is 1. The van der Waals surface area contributed by atoms with Gasteiger partial charge in [0.15, 0.2) is 9.84 Å². The average Bonchev–Trinajstić information content (AvgIpc) is 2.84. The third kappa shape index (κ3) is 7.50. The summed E-state index contributed by atoms with van der Waals surface area (Å²) < 4.78 is 53.0. The Morgan fingerprint density at radius 2 is 1.67 bits per heavy atom. The minimum atomic E-state index is -3.35. The van der Waals surface area contributed by atoms with Crippen molar-refractivity contribution in [2.75, 3.05) is 12.3 Å². The summed E-state index contributed by atoms with van der Waals surface area (Å²) in [5.74, 6) is -2.09. The third-order valence-electron chi connectivity index (χ3n) is 7.01. The molecule has 1 heterocycles. The molecule has 1 amide bonds. The molecular formula is C30H34F2N2O4S. The lowest BCUT2D eigenvalue weighted by Gasteiger charge is -2.30. The highest BCUT2D eigenvalue weighted by Gasteiger charge is 2.31. The molecule has 0 aromatic heterocycles. The highest BCUT2D eigenvalue weighted by atomic mass is 32.2. The van der Waals surface area contributed by atoms with E-state index in [0.29, 0.717) is 5.56 Å². The predicted octanol–water partition coefficient (Wildman–Crippen LogP) is 4.11. The van der Waals surface area contributed by atoms with Crippen LogP contribution in [0.4, 0.5) is 8.78 Å². The van der Waals surface area contributed by atoms with Crippen molar-refractivity contribution in [2.24, 2.45) is 0 Å². The lowest BCUT2D eigenvalue weighted by atomic mass is 9.96. The summed E-state index contributed by atoms with van der Waals surface area (Å²) >= 11 is 0. The molecule has 6 nitrogen and oxygen atoms in total. The molecule has 0 fully saturated rings. The minimum Gasteiger partial charge on any atom is -0.390 e. The Morgan fingerprint density at radius 3 is 2.31 bits per heavy atom. The maximum absolute atomic E-state index is 13.9. The van der Waals surface area contributed by atoms with Gasteiger partial charge >= 0.3 is 0 Å². The van der Waals surface area contributed by atoms with Crippen molar-refractivity contribution in [3.05, 3.63) is 105 Å². The van der Waals surface area contributed by atoms with Crippen LogP contribution in [0.2, 0.25) is 0 Å². The first-order valence-corrected chi connectivity index (χ1v) is 14.8. The van der Waals surface area contributed by atoms with Crippen LogP contribution in [0.5, 0.6) is 0 Å². The zero-order valence-corrected chi connectivity index (χ0v) is 23.1. The highest BCUT2D eigenvalue weighted by molar-refractivity contribution is 7.90. The first-order chi connectivity index (χ1) is 18.4. The van der Waals surface area contributed by atoms with Crippen LogP contribution in [0.15, 0.2) is 54.6 Å². The fourth-order valence-electron chi connectivity index (χ4n) is 5.16. The number of hydrogen-bond acceptors (Lipinski definition) is 5. The van der Waals surface area contributed by atoms with Crippen molar-refractivity contribution in [3.8, 4) is 0 Å². The van der Waals surface area contributed by atoms with E-state index in [1.807, 2.05) is 45.0 Å². The van der Waals surface area contributed by atoms with E-state index < -0.39 is 45.6 Å². The van der Waals surface area contributed by atoms with Gasteiger partial charge in [-0.25, -0.2) is 17.2 Å². The minimum absolute atomic E-state index is 0.0341. The summed E-state index contributed by atoms with van der Waals surface area (Å²) in [6, 6.07) is 12.8. The number of amides is 1. The van der Waals surface area contributed by atoms with Gasteiger partial charge in [-0.1, -0.05) is 42.3 Å². The SMILES string of the molecule is CCc1ccc2c(c1)[C@@H](NC[C@H](O)[C@@H](Cc1cc(F)cc(F)c1)NC(=O)c1cc(C)cc(C)c1)CS(=O)(=O)C2. The van der Waals surface area contributed by atoms with E-state index >= 15 is 0 Å². The predicted molar refractivity (Wildman–Crippen MR) is 147 cm³/mol. The Bertz CT molecular complexity index is 1440. The van der Waals surface area contributed by atoms with E-state index in [2.05, 4.69) is 10.6 Å². The first kappa shape index (κ1) is 28.9. The maximum Gasteiger partial charge on any atom is 0.251 e. The van der Waals surface area contributed by atoms with Crippen LogP contribution in [-0.2, 0) is 28.4 Å². The van der Waals surface area contributed by atoms with Crippen molar-refractivity contribution in [3.63, 3.8) is 0 Å². The molecule has 9 heteroatoms. The van der Waals surface area contributed by atoms with E-state index in [4.69, 9.17) is 0 Å². The number of rotatable bonds is 9. The molecule has 0 saturated heterocycles.